The second-order valence-electron chi connectivity index (χ2n) is 7.31. The number of hydrogen-bond donors (Lipinski definition) is 7. The summed E-state index contributed by atoms with van der Waals surface area (Å²) < 4.78 is 16.8. The molecule has 0 saturated carbocycles. The minimum absolute atomic E-state index is 0. The number of ether oxygens (including phenoxy) is 2. The second kappa shape index (κ2) is 9.43. The number of aliphatic hydroxyl groups excluding tert-OH is 4. The highest BCUT2D eigenvalue weighted by Gasteiger charge is 2.45. The monoisotopic (exact) mass is 484 g/mol. The van der Waals surface area contributed by atoms with E-state index in [4.69, 9.17) is 13.9 Å². The minimum Gasteiger partial charge on any atom is -0.507 e. The molecule has 0 aromatic heterocycles. The number of halogens is 1. The lowest BCUT2D eigenvalue weighted by molar-refractivity contribution is -0.277. The summed E-state index contributed by atoms with van der Waals surface area (Å²) >= 11 is 0. The molecule has 3 aliphatic rings. The van der Waals surface area contributed by atoms with E-state index in [-0.39, 0.29) is 40.8 Å². The summed E-state index contributed by atoms with van der Waals surface area (Å²) in [4.78, 5) is 11.8. The van der Waals surface area contributed by atoms with Crippen LogP contribution in [0.5, 0.6) is 23.0 Å². The van der Waals surface area contributed by atoms with Gasteiger partial charge in [0.2, 0.25) is 6.29 Å². The molecule has 2 aliphatic heterocycles. The molecule has 1 fully saturated rings. The Morgan fingerprint density at radius 1 is 0.879 bits per heavy atom. The van der Waals surface area contributed by atoms with Crippen LogP contribution >= 0.6 is 12.4 Å². The van der Waals surface area contributed by atoms with Crippen molar-refractivity contribution in [1.82, 2.24) is 0 Å². The lowest BCUT2D eigenvalue weighted by Crippen LogP contribution is -2.60. The van der Waals surface area contributed by atoms with Crippen LogP contribution in [-0.4, -0.2) is 73.1 Å². The fourth-order valence-electron chi connectivity index (χ4n) is 3.42. The van der Waals surface area contributed by atoms with Gasteiger partial charge in [0.1, 0.15) is 35.9 Å². The van der Waals surface area contributed by atoms with Gasteiger partial charge in [-0.25, -0.2) is 0 Å². The van der Waals surface area contributed by atoms with Gasteiger partial charge in [0.15, 0.2) is 28.4 Å². The summed E-state index contributed by atoms with van der Waals surface area (Å²) in [6, 6.07) is 7.08. The topological polar surface area (TPSA) is 190 Å². The third-order valence-corrected chi connectivity index (χ3v) is 5.13. The van der Waals surface area contributed by atoms with Crippen LogP contribution in [0.1, 0.15) is 0 Å². The van der Waals surface area contributed by atoms with Gasteiger partial charge in [-0.2, -0.15) is 0 Å². The van der Waals surface area contributed by atoms with Crippen molar-refractivity contribution in [3.05, 3.63) is 46.6 Å². The average molecular weight is 485 g/mol. The maximum atomic E-state index is 11.8. The van der Waals surface area contributed by atoms with Crippen molar-refractivity contribution in [2.24, 2.45) is 0 Å². The molecule has 0 bridgehead atoms. The largest absolute Gasteiger partial charge is 0.507 e. The Morgan fingerprint density at radius 3 is 2.27 bits per heavy atom. The first-order chi connectivity index (χ1) is 15.2. The number of rotatable bonds is 4. The Balaban J connectivity index is 0.00000306. The molecule has 1 aromatic carbocycles. The summed E-state index contributed by atoms with van der Waals surface area (Å²) in [6.45, 7) is -0.668. The van der Waals surface area contributed by atoms with E-state index in [9.17, 15) is 40.5 Å². The van der Waals surface area contributed by atoms with Crippen molar-refractivity contribution in [3.8, 4) is 45.6 Å². The number of hydrogen-bond acceptors (Lipinski definition) is 11. The zero-order valence-corrected chi connectivity index (χ0v) is 17.5. The van der Waals surface area contributed by atoms with E-state index in [0.29, 0.717) is 0 Å². The molecule has 0 amide bonds. The van der Waals surface area contributed by atoms with E-state index in [0.717, 1.165) is 18.2 Å². The fourth-order valence-corrected chi connectivity index (χ4v) is 3.42. The number of phenolic OH excluding ortho intramolecular Hbond substituents is 3. The van der Waals surface area contributed by atoms with Crippen molar-refractivity contribution in [3.63, 3.8) is 0 Å². The molecule has 1 saturated heterocycles. The van der Waals surface area contributed by atoms with Gasteiger partial charge in [-0.1, -0.05) is 0 Å². The van der Waals surface area contributed by atoms with Crippen LogP contribution in [0, 0.1) is 0 Å². The van der Waals surface area contributed by atoms with E-state index in [1.165, 1.54) is 18.2 Å². The molecule has 1 aliphatic carbocycles. The minimum atomic E-state index is -1.72. The third kappa shape index (κ3) is 4.55. The lowest BCUT2D eigenvalue weighted by Gasteiger charge is -2.39. The van der Waals surface area contributed by atoms with Crippen molar-refractivity contribution < 1.29 is 49.6 Å². The van der Waals surface area contributed by atoms with Crippen LogP contribution in [-0.2, 0) is 4.74 Å². The Hall–Kier alpha value is -3.06. The molecule has 12 heteroatoms. The highest BCUT2D eigenvalue weighted by atomic mass is 35.5. The molecule has 33 heavy (non-hydrogen) atoms. The van der Waals surface area contributed by atoms with Gasteiger partial charge in [-0.15, -0.1) is 12.4 Å². The smallest absolute Gasteiger partial charge is 0.229 e. The molecule has 0 radical (unpaired) electrons. The van der Waals surface area contributed by atoms with Crippen LogP contribution in [0.25, 0.3) is 22.6 Å². The predicted molar refractivity (Wildman–Crippen MR) is 114 cm³/mol. The van der Waals surface area contributed by atoms with Crippen LogP contribution in [0.3, 0.4) is 0 Å². The normalized spacial score (nSPS) is 24.9. The molecule has 0 spiro atoms. The van der Waals surface area contributed by atoms with Crippen molar-refractivity contribution >= 4 is 12.4 Å². The Kier molecular flexibility index (Phi) is 7.03. The Labute approximate surface area is 192 Å². The van der Waals surface area contributed by atoms with Crippen molar-refractivity contribution in [1.29, 1.82) is 0 Å². The van der Waals surface area contributed by atoms with E-state index in [2.05, 4.69) is 0 Å². The fraction of sp³-hybridized carbons (Fsp3) is 0.286. The molecule has 11 nitrogen and oxygen atoms in total. The van der Waals surface area contributed by atoms with E-state index < -0.39 is 60.0 Å². The lowest BCUT2D eigenvalue weighted by atomic mass is 9.99. The van der Waals surface area contributed by atoms with Gasteiger partial charge in [0.05, 0.1) is 12.2 Å². The van der Waals surface area contributed by atoms with Gasteiger partial charge >= 0.3 is 0 Å². The van der Waals surface area contributed by atoms with Crippen LogP contribution in [0.4, 0.5) is 0 Å². The van der Waals surface area contributed by atoms with Gasteiger partial charge in [0.25, 0.3) is 0 Å². The van der Waals surface area contributed by atoms with Gasteiger partial charge in [0, 0.05) is 17.7 Å². The SMILES string of the molecule is Cl.O=c1cc2oc(-c3ccc(O)c(O)c3)c(O[C@@H]3O[C@H](CO)[C@H](O)[C@H](O)[C@H]3O)cc-2c(O)c1. The summed E-state index contributed by atoms with van der Waals surface area (Å²) in [6.07, 6.45) is -7.80. The number of aliphatic hydroxyl groups is 4. The van der Waals surface area contributed by atoms with E-state index in [1.807, 2.05) is 0 Å². The van der Waals surface area contributed by atoms with E-state index >= 15 is 0 Å². The molecule has 178 valence electrons. The molecular formula is C21H21ClO11. The number of fused-ring (bicyclic) bond motifs is 1. The maximum absolute atomic E-state index is 11.8. The van der Waals surface area contributed by atoms with Crippen LogP contribution in [0.2, 0.25) is 0 Å². The highest BCUT2D eigenvalue weighted by molar-refractivity contribution is 5.85. The zero-order valence-electron chi connectivity index (χ0n) is 16.7. The maximum Gasteiger partial charge on any atom is 0.229 e. The van der Waals surface area contributed by atoms with Crippen molar-refractivity contribution in [2.45, 2.75) is 30.7 Å². The molecule has 1 aromatic rings. The first-order valence-electron chi connectivity index (χ1n) is 9.50. The first-order valence-corrected chi connectivity index (χ1v) is 9.50. The molecule has 7 N–H and O–H groups in total. The summed E-state index contributed by atoms with van der Waals surface area (Å²) in [5, 5.41) is 69.3. The molecule has 5 atom stereocenters. The molecule has 0 unspecified atom stereocenters. The third-order valence-electron chi connectivity index (χ3n) is 5.13. The first kappa shape index (κ1) is 24.6. The van der Waals surface area contributed by atoms with Gasteiger partial charge in [-0.05, 0) is 24.3 Å². The quantitative estimate of drug-likeness (QED) is 0.249. The van der Waals surface area contributed by atoms with Crippen LogP contribution < -0.4 is 10.2 Å². The molecule has 2 heterocycles. The van der Waals surface area contributed by atoms with Gasteiger partial charge < -0.3 is 49.6 Å². The number of benzene rings is 2. The second-order valence-corrected chi connectivity index (χ2v) is 7.31. The average Bonchev–Trinajstić information content (AvgIpc) is 2.76. The standard InChI is InChI=1S/C21H20O11.ClH/c22-7-16-17(27)18(28)19(29)21(32-16)31-15-6-10-12(25)4-9(23)5-14(10)30-20(15)8-1-2-11(24)13(26)3-8;/h1-6,16-19,21-22,24-29H,7H2;1H/t16-,17+,18+,19-,21-;/m1./s1. The summed E-state index contributed by atoms with van der Waals surface area (Å²) in [5.74, 6) is -1.51. The number of phenols is 3. The molecular weight excluding hydrogens is 464 g/mol. The van der Waals surface area contributed by atoms with Crippen LogP contribution in [0.15, 0.2) is 45.6 Å². The highest BCUT2D eigenvalue weighted by Crippen LogP contribution is 2.43. The Morgan fingerprint density at radius 2 is 1.61 bits per heavy atom. The molecule has 4 rings (SSSR count). The zero-order chi connectivity index (χ0) is 23.2. The summed E-state index contributed by atoms with van der Waals surface area (Å²) in [5.41, 5.74) is -0.255. The number of aromatic hydroxyl groups is 3. The summed E-state index contributed by atoms with van der Waals surface area (Å²) in [7, 11) is 0. The predicted octanol–water partition coefficient (Wildman–Crippen LogP) is 0.129. The Bertz CT molecular complexity index is 1160. The van der Waals surface area contributed by atoms with E-state index in [1.54, 1.807) is 0 Å². The van der Waals surface area contributed by atoms with Gasteiger partial charge in [-0.3, -0.25) is 4.79 Å². The van der Waals surface area contributed by atoms with Crippen molar-refractivity contribution in [2.75, 3.05) is 6.61 Å².